The first-order valence-electron chi connectivity index (χ1n) is 11.8. The minimum absolute atomic E-state index is 0.00659. The largest absolute Gasteiger partial charge is 0.303 e. The van der Waals surface area contributed by atoms with Gasteiger partial charge >= 0.3 is 0 Å². The zero-order valence-corrected chi connectivity index (χ0v) is 20.0. The normalized spacial score (nSPS) is 18.6. The van der Waals surface area contributed by atoms with Gasteiger partial charge in [-0.25, -0.2) is 4.98 Å². The molecule has 0 saturated carbocycles. The summed E-state index contributed by atoms with van der Waals surface area (Å²) in [5.41, 5.74) is 5.52. The molecule has 2 aromatic carbocycles. The molecule has 0 amide bonds. The maximum absolute atomic E-state index is 13.3. The molecule has 0 spiro atoms. The molecular formula is C27H26ClN3OS. The number of likely N-dealkylation sites (tertiary alicyclic amines) is 1. The van der Waals surface area contributed by atoms with Crippen molar-refractivity contribution in [1.29, 1.82) is 0 Å². The highest BCUT2D eigenvalue weighted by molar-refractivity contribution is 7.22. The minimum atomic E-state index is -0.00659. The van der Waals surface area contributed by atoms with Crippen LogP contribution in [0.1, 0.15) is 30.4 Å². The molecule has 0 N–H and O–H groups in total. The summed E-state index contributed by atoms with van der Waals surface area (Å²) in [7, 11) is 0. The first kappa shape index (κ1) is 21.1. The van der Waals surface area contributed by atoms with Gasteiger partial charge < -0.3 is 4.90 Å². The van der Waals surface area contributed by atoms with E-state index in [1.807, 2.05) is 30.3 Å². The first-order valence-corrected chi connectivity index (χ1v) is 13.0. The molecule has 4 aromatic rings. The third-order valence-corrected chi connectivity index (χ3v) is 8.49. The van der Waals surface area contributed by atoms with Crippen LogP contribution in [0.2, 0.25) is 5.02 Å². The number of aromatic nitrogens is 2. The van der Waals surface area contributed by atoms with Crippen molar-refractivity contribution < 1.29 is 0 Å². The van der Waals surface area contributed by atoms with E-state index in [4.69, 9.17) is 11.6 Å². The van der Waals surface area contributed by atoms with E-state index >= 15 is 0 Å². The van der Waals surface area contributed by atoms with Crippen molar-refractivity contribution in [3.8, 4) is 16.1 Å². The van der Waals surface area contributed by atoms with Gasteiger partial charge in [-0.2, -0.15) is 0 Å². The molecule has 4 nitrogen and oxygen atoms in total. The van der Waals surface area contributed by atoms with E-state index in [2.05, 4.69) is 28.1 Å². The monoisotopic (exact) mass is 475 g/mol. The molecule has 0 radical (unpaired) electrons. The third kappa shape index (κ3) is 4.14. The number of rotatable bonds is 4. The highest BCUT2D eigenvalue weighted by atomic mass is 35.5. The predicted octanol–water partition coefficient (Wildman–Crippen LogP) is 5.97. The fourth-order valence-electron chi connectivity index (χ4n) is 5.31. The molecule has 1 atom stereocenters. The Morgan fingerprint density at radius 1 is 1.03 bits per heavy atom. The summed E-state index contributed by atoms with van der Waals surface area (Å²) in [6.07, 6.45) is 7.84. The number of aryl methyl sites for hydroxylation is 1. The van der Waals surface area contributed by atoms with Crippen molar-refractivity contribution >= 4 is 33.2 Å². The zero-order chi connectivity index (χ0) is 22.4. The number of hydrogen-bond donors (Lipinski definition) is 0. The molecular weight excluding hydrogens is 450 g/mol. The van der Waals surface area contributed by atoms with Crippen molar-refractivity contribution in [1.82, 2.24) is 14.5 Å². The number of benzene rings is 2. The van der Waals surface area contributed by atoms with E-state index in [1.54, 1.807) is 10.9 Å². The summed E-state index contributed by atoms with van der Waals surface area (Å²) in [5.74, 6) is 0.750. The second-order valence-corrected chi connectivity index (χ2v) is 10.8. The van der Waals surface area contributed by atoms with Crippen LogP contribution in [0.25, 0.3) is 26.3 Å². The van der Waals surface area contributed by atoms with Gasteiger partial charge in [0.15, 0.2) is 0 Å². The molecule has 1 fully saturated rings. The Kier molecular flexibility index (Phi) is 5.57. The van der Waals surface area contributed by atoms with E-state index in [0.717, 1.165) is 40.4 Å². The molecule has 6 heteroatoms. The summed E-state index contributed by atoms with van der Waals surface area (Å²) in [5, 5.41) is 0.704. The highest BCUT2D eigenvalue weighted by Crippen LogP contribution is 2.32. The third-order valence-electron chi connectivity index (χ3n) is 7.08. The molecule has 1 aliphatic heterocycles. The highest BCUT2D eigenvalue weighted by Gasteiger charge is 2.23. The molecule has 6 rings (SSSR count). The second kappa shape index (κ2) is 8.71. The van der Waals surface area contributed by atoms with Crippen molar-refractivity contribution in [3.63, 3.8) is 0 Å². The first-order chi connectivity index (χ1) is 16.1. The van der Waals surface area contributed by atoms with Crippen LogP contribution in [-0.4, -0.2) is 34.1 Å². The second-order valence-electron chi connectivity index (χ2n) is 9.32. The zero-order valence-electron chi connectivity index (χ0n) is 18.5. The van der Waals surface area contributed by atoms with Gasteiger partial charge in [0.05, 0.1) is 11.2 Å². The average Bonchev–Trinajstić information content (AvgIpc) is 3.50. The van der Waals surface area contributed by atoms with Crippen molar-refractivity contribution in [2.75, 3.05) is 19.6 Å². The number of halogens is 1. The lowest BCUT2D eigenvalue weighted by Gasteiger charge is -2.28. The van der Waals surface area contributed by atoms with Gasteiger partial charge in [0, 0.05) is 16.4 Å². The van der Waals surface area contributed by atoms with E-state index in [-0.39, 0.29) is 5.56 Å². The van der Waals surface area contributed by atoms with Gasteiger partial charge in [0.1, 0.15) is 11.0 Å². The molecule has 168 valence electrons. The number of nitrogens with zero attached hydrogens (tertiary/aromatic N) is 3. The van der Waals surface area contributed by atoms with Gasteiger partial charge in [-0.15, -0.1) is 11.3 Å². The standard InChI is InChI=1S/C27H26ClN3OS/c28-22-8-5-19(6-9-22)25-15-24-26(33-25)27(32)31(17-29-24)23-10-7-20-13-18(3-4-21(20)14-23)16-30-11-1-2-12-30/h5-10,14-15,17-18H,1-4,11-13,16H2. The average molecular weight is 476 g/mol. The molecule has 1 aliphatic carbocycles. The van der Waals surface area contributed by atoms with Crippen LogP contribution in [0.15, 0.2) is 59.7 Å². The maximum atomic E-state index is 13.3. The van der Waals surface area contributed by atoms with Crippen molar-refractivity contribution in [2.24, 2.45) is 5.92 Å². The van der Waals surface area contributed by atoms with Crippen LogP contribution >= 0.6 is 22.9 Å². The summed E-state index contributed by atoms with van der Waals surface area (Å²) in [6.45, 7) is 3.77. The maximum Gasteiger partial charge on any atom is 0.275 e. The number of fused-ring (bicyclic) bond motifs is 2. The molecule has 3 heterocycles. The Labute approximate surface area is 202 Å². The van der Waals surface area contributed by atoms with Crippen LogP contribution in [0.4, 0.5) is 0 Å². The minimum Gasteiger partial charge on any atom is -0.303 e. The van der Waals surface area contributed by atoms with Gasteiger partial charge in [0.25, 0.3) is 5.56 Å². The van der Waals surface area contributed by atoms with Crippen molar-refractivity contribution in [3.05, 3.63) is 81.4 Å². The Hall–Kier alpha value is -2.47. The van der Waals surface area contributed by atoms with Gasteiger partial charge in [-0.3, -0.25) is 9.36 Å². The Morgan fingerprint density at radius 3 is 2.67 bits per heavy atom. The Bertz CT molecular complexity index is 1370. The van der Waals surface area contributed by atoms with Crippen molar-refractivity contribution in [2.45, 2.75) is 32.1 Å². The Balaban J connectivity index is 1.28. The smallest absolute Gasteiger partial charge is 0.275 e. The van der Waals surface area contributed by atoms with Gasteiger partial charge in [0.2, 0.25) is 0 Å². The topological polar surface area (TPSA) is 38.1 Å². The number of thiophene rings is 1. The summed E-state index contributed by atoms with van der Waals surface area (Å²) in [6, 6.07) is 16.2. The van der Waals surface area contributed by atoms with E-state index < -0.39 is 0 Å². The lowest BCUT2D eigenvalue weighted by Crippen LogP contribution is -2.30. The molecule has 1 saturated heterocycles. The van der Waals surface area contributed by atoms with E-state index in [1.165, 1.54) is 61.4 Å². The summed E-state index contributed by atoms with van der Waals surface area (Å²) < 4.78 is 2.38. The van der Waals surface area contributed by atoms with E-state index in [0.29, 0.717) is 9.72 Å². The molecule has 2 aliphatic rings. The van der Waals surface area contributed by atoms with Crippen LogP contribution in [0, 0.1) is 5.92 Å². The van der Waals surface area contributed by atoms with Crippen LogP contribution < -0.4 is 5.56 Å². The lowest BCUT2D eigenvalue weighted by atomic mass is 9.83. The van der Waals surface area contributed by atoms with Gasteiger partial charge in [-0.1, -0.05) is 29.8 Å². The predicted molar refractivity (Wildman–Crippen MR) is 137 cm³/mol. The quantitative estimate of drug-likeness (QED) is 0.365. The van der Waals surface area contributed by atoms with E-state index in [9.17, 15) is 4.79 Å². The lowest BCUT2D eigenvalue weighted by molar-refractivity contribution is 0.262. The van der Waals surface area contributed by atoms with Crippen LogP contribution in [0.3, 0.4) is 0 Å². The fourth-order valence-corrected chi connectivity index (χ4v) is 6.48. The molecule has 0 bridgehead atoms. The van der Waals surface area contributed by atoms with Gasteiger partial charge in [-0.05, 0) is 98.1 Å². The molecule has 2 aromatic heterocycles. The summed E-state index contributed by atoms with van der Waals surface area (Å²) in [4.78, 5) is 21.6. The SMILES string of the molecule is O=c1c2sc(-c3ccc(Cl)cc3)cc2ncn1-c1ccc2c(c1)CCC(CN1CCCC1)C2. The summed E-state index contributed by atoms with van der Waals surface area (Å²) >= 11 is 7.52. The van der Waals surface area contributed by atoms with Crippen LogP contribution in [-0.2, 0) is 12.8 Å². The Morgan fingerprint density at radius 2 is 1.85 bits per heavy atom. The van der Waals surface area contributed by atoms with Crippen LogP contribution in [0.5, 0.6) is 0 Å². The fraction of sp³-hybridized carbons (Fsp3) is 0.333. The molecule has 33 heavy (non-hydrogen) atoms. The molecule has 1 unspecified atom stereocenters. The number of hydrogen-bond acceptors (Lipinski definition) is 4.